The van der Waals surface area contributed by atoms with Gasteiger partial charge in [-0.05, 0) is 42.5 Å². The van der Waals surface area contributed by atoms with Crippen LogP contribution in [0, 0.1) is 0 Å². The highest BCUT2D eigenvalue weighted by Crippen LogP contribution is 2.31. The second-order valence-electron chi connectivity index (χ2n) is 7.42. The number of hydrogen-bond acceptors (Lipinski definition) is 4. The molecule has 1 amide bonds. The van der Waals surface area contributed by atoms with Crippen molar-refractivity contribution in [1.29, 1.82) is 0 Å². The van der Waals surface area contributed by atoms with Gasteiger partial charge < -0.3 is 14.1 Å². The van der Waals surface area contributed by atoms with Crippen LogP contribution in [0.1, 0.15) is 34.8 Å². The lowest BCUT2D eigenvalue weighted by molar-refractivity contribution is -0.159. The Hall–Kier alpha value is -3.08. The van der Waals surface area contributed by atoms with Crippen molar-refractivity contribution >= 4 is 22.8 Å². The fourth-order valence-electron chi connectivity index (χ4n) is 3.74. The highest BCUT2D eigenvalue weighted by atomic mass is 16.5. The molecule has 0 N–H and O–H groups in total. The van der Waals surface area contributed by atoms with Crippen LogP contribution in [0.5, 0.6) is 0 Å². The lowest BCUT2D eigenvalue weighted by Crippen LogP contribution is -2.31. The number of fused-ring (bicyclic) bond motifs is 2. The number of carbonyl (C=O) groups is 2. The van der Waals surface area contributed by atoms with Gasteiger partial charge in [0.2, 0.25) is 6.10 Å². The first-order valence-corrected chi connectivity index (χ1v) is 9.50. The van der Waals surface area contributed by atoms with Gasteiger partial charge in [0.1, 0.15) is 5.58 Å². The van der Waals surface area contributed by atoms with E-state index in [9.17, 15) is 9.59 Å². The fraction of sp³-hybridized carbons (Fsp3) is 0.304. The molecule has 1 heterocycles. The minimum absolute atomic E-state index is 0.0653. The molecule has 0 bridgehead atoms. The monoisotopic (exact) mass is 377 g/mol. The van der Waals surface area contributed by atoms with Crippen molar-refractivity contribution in [1.82, 2.24) is 4.90 Å². The number of nitrogens with zero attached hydrogens (tertiary/aromatic N) is 1. The van der Waals surface area contributed by atoms with E-state index >= 15 is 0 Å². The summed E-state index contributed by atoms with van der Waals surface area (Å²) >= 11 is 0. The summed E-state index contributed by atoms with van der Waals surface area (Å²) in [7, 11) is 3.30. The molecule has 144 valence electrons. The number of benzene rings is 2. The van der Waals surface area contributed by atoms with Crippen molar-refractivity contribution in [2.75, 3.05) is 14.1 Å². The van der Waals surface area contributed by atoms with Crippen LogP contribution in [0.3, 0.4) is 0 Å². The van der Waals surface area contributed by atoms with E-state index in [1.807, 2.05) is 18.2 Å². The molecule has 0 aliphatic heterocycles. The molecule has 0 saturated carbocycles. The first kappa shape index (κ1) is 18.3. The Morgan fingerprint density at radius 1 is 1.11 bits per heavy atom. The van der Waals surface area contributed by atoms with Gasteiger partial charge in [-0.2, -0.15) is 0 Å². The molecule has 0 spiro atoms. The first-order chi connectivity index (χ1) is 13.5. The molecule has 1 atom stereocenters. The average Bonchev–Trinajstić information content (AvgIpc) is 3.31. The number of esters is 1. The van der Waals surface area contributed by atoms with Crippen molar-refractivity contribution in [3.8, 4) is 0 Å². The van der Waals surface area contributed by atoms with Crippen LogP contribution in [0.2, 0.25) is 0 Å². The Labute approximate surface area is 163 Å². The number of furan rings is 1. The van der Waals surface area contributed by atoms with Gasteiger partial charge in [0.15, 0.2) is 0 Å². The quantitative estimate of drug-likeness (QED) is 0.634. The van der Waals surface area contributed by atoms with Gasteiger partial charge in [0, 0.05) is 30.6 Å². The topological polar surface area (TPSA) is 59.8 Å². The molecule has 1 aromatic heterocycles. The van der Waals surface area contributed by atoms with Gasteiger partial charge in [-0.25, -0.2) is 0 Å². The van der Waals surface area contributed by atoms with Crippen LogP contribution >= 0.6 is 0 Å². The third-order valence-corrected chi connectivity index (χ3v) is 5.22. The molecule has 0 saturated heterocycles. The van der Waals surface area contributed by atoms with Gasteiger partial charge >= 0.3 is 5.97 Å². The largest absolute Gasteiger partial charge is 0.464 e. The minimum atomic E-state index is -0.953. The maximum absolute atomic E-state index is 12.7. The van der Waals surface area contributed by atoms with Crippen LogP contribution in [0.15, 0.2) is 53.1 Å². The van der Waals surface area contributed by atoms with Gasteiger partial charge in [-0.1, -0.05) is 30.3 Å². The maximum atomic E-state index is 12.7. The third kappa shape index (κ3) is 3.52. The van der Waals surface area contributed by atoms with E-state index in [-0.39, 0.29) is 12.3 Å². The molecule has 5 heteroatoms. The summed E-state index contributed by atoms with van der Waals surface area (Å²) in [6.45, 7) is 0. The van der Waals surface area contributed by atoms with Crippen LogP contribution in [0.25, 0.3) is 11.0 Å². The summed E-state index contributed by atoms with van der Waals surface area (Å²) in [4.78, 5) is 26.6. The Morgan fingerprint density at radius 3 is 2.54 bits per heavy atom. The van der Waals surface area contributed by atoms with Crippen molar-refractivity contribution < 1.29 is 18.7 Å². The van der Waals surface area contributed by atoms with Crippen molar-refractivity contribution in [3.05, 3.63) is 71.0 Å². The molecule has 5 nitrogen and oxygen atoms in total. The van der Waals surface area contributed by atoms with Crippen LogP contribution in [-0.4, -0.2) is 30.9 Å². The molecular weight excluding hydrogens is 354 g/mol. The van der Waals surface area contributed by atoms with Crippen molar-refractivity contribution in [2.24, 2.45) is 0 Å². The van der Waals surface area contributed by atoms with E-state index in [0.29, 0.717) is 5.56 Å². The predicted octanol–water partition coefficient (Wildman–Crippen LogP) is 3.84. The summed E-state index contributed by atoms with van der Waals surface area (Å²) in [6.07, 6.45) is 4.03. The zero-order valence-corrected chi connectivity index (χ0v) is 16.1. The summed E-state index contributed by atoms with van der Waals surface area (Å²) in [5, 5.41) is 0.952. The van der Waals surface area contributed by atoms with Gasteiger partial charge in [0.25, 0.3) is 5.91 Å². The number of ether oxygens (including phenoxy) is 1. The molecule has 28 heavy (non-hydrogen) atoms. The zero-order valence-electron chi connectivity index (χ0n) is 16.1. The molecule has 2 aromatic carbocycles. The van der Waals surface area contributed by atoms with E-state index in [0.717, 1.165) is 35.8 Å². The Morgan fingerprint density at radius 2 is 1.82 bits per heavy atom. The molecule has 1 aliphatic rings. The summed E-state index contributed by atoms with van der Waals surface area (Å²) in [5.74, 6) is -0.721. The SMILES string of the molecule is CN(C)C(=O)C(OC(=O)Cc1coc2cc3c(cc12)CCC3)c1ccccc1. The summed E-state index contributed by atoms with van der Waals surface area (Å²) < 4.78 is 11.3. The molecule has 1 aliphatic carbocycles. The number of likely N-dealkylation sites (N-methyl/N-ethyl adjacent to an activating group) is 1. The fourth-order valence-corrected chi connectivity index (χ4v) is 3.74. The normalized spacial score (nSPS) is 13.9. The average molecular weight is 377 g/mol. The summed E-state index contributed by atoms with van der Waals surface area (Å²) in [6, 6.07) is 13.3. The predicted molar refractivity (Wildman–Crippen MR) is 106 cm³/mol. The maximum Gasteiger partial charge on any atom is 0.311 e. The zero-order chi connectivity index (χ0) is 19.7. The second-order valence-corrected chi connectivity index (χ2v) is 7.42. The second kappa shape index (κ2) is 7.50. The Kier molecular flexibility index (Phi) is 4.90. The van der Waals surface area contributed by atoms with Crippen LogP contribution in [-0.2, 0) is 33.6 Å². The van der Waals surface area contributed by atoms with Crippen LogP contribution in [0.4, 0.5) is 0 Å². The van der Waals surface area contributed by atoms with Gasteiger partial charge in [-0.3, -0.25) is 9.59 Å². The van der Waals surface area contributed by atoms with E-state index in [2.05, 4.69) is 12.1 Å². The van der Waals surface area contributed by atoms with Crippen molar-refractivity contribution in [2.45, 2.75) is 31.8 Å². The molecule has 0 fully saturated rings. The number of rotatable bonds is 5. The molecule has 3 aromatic rings. The van der Waals surface area contributed by atoms with E-state index in [1.54, 1.807) is 32.5 Å². The highest BCUT2D eigenvalue weighted by Gasteiger charge is 2.27. The number of carbonyl (C=O) groups excluding carboxylic acids is 2. The van der Waals surface area contributed by atoms with Crippen LogP contribution < -0.4 is 0 Å². The Bertz CT molecular complexity index is 1020. The lowest BCUT2D eigenvalue weighted by atomic mass is 10.0. The standard InChI is InChI=1S/C23H23NO4/c1-24(2)23(26)22(15-7-4-3-5-8-15)28-21(25)13-18-14-27-20-12-17-10-6-9-16(17)11-19(18)20/h3-5,7-8,11-12,14,22H,6,9-10,13H2,1-2H3. The number of aryl methyl sites for hydroxylation is 2. The third-order valence-electron chi connectivity index (χ3n) is 5.22. The smallest absolute Gasteiger partial charge is 0.311 e. The minimum Gasteiger partial charge on any atom is -0.464 e. The van der Waals surface area contributed by atoms with E-state index in [1.165, 1.54) is 16.0 Å². The number of hydrogen-bond donors (Lipinski definition) is 0. The van der Waals surface area contributed by atoms with Crippen molar-refractivity contribution in [3.63, 3.8) is 0 Å². The molecule has 1 unspecified atom stereocenters. The molecular formula is C23H23NO4. The Balaban J connectivity index is 1.56. The van der Waals surface area contributed by atoms with E-state index in [4.69, 9.17) is 9.15 Å². The lowest BCUT2D eigenvalue weighted by Gasteiger charge is -2.21. The highest BCUT2D eigenvalue weighted by molar-refractivity contribution is 5.89. The van der Waals surface area contributed by atoms with E-state index < -0.39 is 12.1 Å². The van der Waals surface area contributed by atoms with Gasteiger partial charge in [0.05, 0.1) is 12.7 Å². The molecule has 4 rings (SSSR count). The molecule has 0 radical (unpaired) electrons. The summed E-state index contributed by atoms with van der Waals surface area (Å²) in [5.41, 5.74) is 4.90. The first-order valence-electron chi connectivity index (χ1n) is 9.50. The number of amides is 1. The van der Waals surface area contributed by atoms with Gasteiger partial charge in [-0.15, -0.1) is 0 Å².